The molecule has 1 N–H and O–H groups in total. The second kappa shape index (κ2) is 7.77. The van der Waals surface area contributed by atoms with E-state index in [0.717, 1.165) is 19.8 Å². The molecule has 1 saturated heterocycles. The van der Waals surface area contributed by atoms with Crippen molar-refractivity contribution in [3.63, 3.8) is 0 Å². The summed E-state index contributed by atoms with van der Waals surface area (Å²) in [6, 6.07) is 0.534. The van der Waals surface area contributed by atoms with Gasteiger partial charge >= 0.3 is 0 Å². The second-order valence-electron chi connectivity index (χ2n) is 7.33. The van der Waals surface area contributed by atoms with E-state index in [2.05, 4.69) is 26.1 Å². The minimum atomic E-state index is 0.334. The summed E-state index contributed by atoms with van der Waals surface area (Å²) in [6.07, 6.45) is 9.27. The topological polar surface area (TPSA) is 30.5 Å². The summed E-state index contributed by atoms with van der Waals surface area (Å²) in [4.78, 5) is 0. The van der Waals surface area contributed by atoms with Crippen molar-refractivity contribution in [2.75, 3.05) is 19.8 Å². The van der Waals surface area contributed by atoms with Crippen molar-refractivity contribution < 1.29 is 9.47 Å². The highest BCUT2D eigenvalue weighted by Gasteiger charge is 2.35. The van der Waals surface area contributed by atoms with Crippen molar-refractivity contribution in [3.8, 4) is 0 Å². The fraction of sp³-hybridized carbons (Fsp3) is 1.00. The summed E-state index contributed by atoms with van der Waals surface area (Å²) in [5.74, 6) is 0. The van der Waals surface area contributed by atoms with Gasteiger partial charge in [0, 0.05) is 12.6 Å². The molecule has 1 aliphatic heterocycles. The van der Waals surface area contributed by atoms with Crippen LogP contribution >= 0.6 is 0 Å². The Morgan fingerprint density at radius 2 is 2.10 bits per heavy atom. The molecule has 0 spiro atoms. The zero-order valence-corrected chi connectivity index (χ0v) is 13.6. The summed E-state index contributed by atoms with van der Waals surface area (Å²) in [5, 5.41) is 3.68. The Hall–Kier alpha value is -0.120. The van der Waals surface area contributed by atoms with Gasteiger partial charge < -0.3 is 14.8 Å². The molecule has 1 aliphatic carbocycles. The molecule has 0 aromatic heterocycles. The molecular weight excluding hydrogens is 250 g/mol. The molecule has 0 radical (unpaired) electrons. The minimum absolute atomic E-state index is 0.334. The normalized spacial score (nSPS) is 34.0. The van der Waals surface area contributed by atoms with Gasteiger partial charge in [0.1, 0.15) is 0 Å². The van der Waals surface area contributed by atoms with Crippen molar-refractivity contribution in [1.29, 1.82) is 0 Å². The molecule has 1 heterocycles. The van der Waals surface area contributed by atoms with Crippen LogP contribution in [0.1, 0.15) is 65.7 Å². The fourth-order valence-corrected chi connectivity index (χ4v) is 3.43. The van der Waals surface area contributed by atoms with Crippen LogP contribution in [0.4, 0.5) is 0 Å². The monoisotopic (exact) mass is 283 g/mol. The third-order valence-electron chi connectivity index (χ3n) is 4.76. The first-order chi connectivity index (χ1) is 9.61. The third-order valence-corrected chi connectivity index (χ3v) is 4.76. The summed E-state index contributed by atoms with van der Waals surface area (Å²) in [7, 11) is 0. The lowest BCUT2D eigenvalue weighted by atomic mass is 9.74. The molecule has 0 aromatic rings. The molecule has 0 amide bonds. The lowest BCUT2D eigenvalue weighted by Crippen LogP contribution is -2.48. The van der Waals surface area contributed by atoms with Crippen LogP contribution in [-0.2, 0) is 9.47 Å². The smallest absolute Gasteiger partial charge is 0.0808 e. The fourth-order valence-electron chi connectivity index (χ4n) is 3.43. The predicted octanol–water partition coefficient (Wildman–Crippen LogP) is 3.52. The van der Waals surface area contributed by atoms with Crippen LogP contribution in [-0.4, -0.2) is 38.0 Å². The van der Waals surface area contributed by atoms with E-state index in [0.29, 0.717) is 23.7 Å². The Bertz CT molecular complexity index is 274. The van der Waals surface area contributed by atoms with Gasteiger partial charge in [-0.05, 0) is 56.9 Å². The van der Waals surface area contributed by atoms with E-state index in [4.69, 9.17) is 9.47 Å². The van der Waals surface area contributed by atoms with Gasteiger partial charge in [-0.1, -0.05) is 20.8 Å². The van der Waals surface area contributed by atoms with Crippen LogP contribution in [0.3, 0.4) is 0 Å². The maximum atomic E-state index is 6.28. The average Bonchev–Trinajstić information content (AvgIpc) is 2.44. The third kappa shape index (κ3) is 5.01. The van der Waals surface area contributed by atoms with Gasteiger partial charge in [0.2, 0.25) is 0 Å². The Balaban J connectivity index is 1.82. The quantitative estimate of drug-likeness (QED) is 0.809. The number of hydrogen-bond acceptors (Lipinski definition) is 3. The molecule has 2 rings (SSSR count). The first-order valence-corrected chi connectivity index (χ1v) is 8.57. The van der Waals surface area contributed by atoms with E-state index in [9.17, 15) is 0 Å². The lowest BCUT2D eigenvalue weighted by molar-refractivity contribution is -0.0900. The molecule has 3 unspecified atom stereocenters. The van der Waals surface area contributed by atoms with Crippen LogP contribution in [0.2, 0.25) is 0 Å². The van der Waals surface area contributed by atoms with Crippen molar-refractivity contribution in [1.82, 2.24) is 5.32 Å². The van der Waals surface area contributed by atoms with E-state index in [-0.39, 0.29) is 0 Å². The van der Waals surface area contributed by atoms with Crippen molar-refractivity contribution in [2.45, 2.75) is 84.0 Å². The van der Waals surface area contributed by atoms with Gasteiger partial charge in [-0.3, -0.25) is 0 Å². The highest BCUT2D eigenvalue weighted by atomic mass is 16.5. The van der Waals surface area contributed by atoms with E-state index in [1.165, 1.54) is 44.9 Å². The summed E-state index contributed by atoms with van der Waals surface area (Å²) < 4.78 is 12.1. The van der Waals surface area contributed by atoms with Crippen LogP contribution < -0.4 is 5.32 Å². The molecule has 20 heavy (non-hydrogen) atoms. The Labute approximate surface area is 124 Å². The van der Waals surface area contributed by atoms with Crippen LogP contribution in [0.15, 0.2) is 0 Å². The van der Waals surface area contributed by atoms with Crippen molar-refractivity contribution in [2.24, 2.45) is 5.41 Å². The van der Waals surface area contributed by atoms with Gasteiger partial charge in [-0.15, -0.1) is 0 Å². The van der Waals surface area contributed by atoms with Gasteiger partial charge in [-0.25, -0.2) is 0 Å². The van der Waals surface area contributed by atoms with Gasteiger partial charge in [0.25, 0.3) is 0 Å². The zero-order valence-electron chi connectivity index (χ0n) is 13.6. The van der Waals surface area contributed by atoms with Crippen LogP contribution in [0.25, 0.3) is 0 Å². The summed E-state index contributed by atoms with van der Waals surface area (Å²) in [6.45, 7) is 9.77. The average molecular weight is 283 g/mol. The number of hydrogen-bond donors (Lipinski definition) is 1. The molecule has 1 saturated carbocycles. The molecule has 3 nitrogen and oxygen atoms in total. The Kier molecular flexibility index (Phi) is 6.31. The molecule has 2 fully saturated rings. The van der Waals surface area contributed by atoms with Crippen molar-refractivity contribution >= 4 is 0 Å². The van der Waals surface area contributed by atoms with Gasteiger partial charge in [0.15, 0.2) is 0 Å². The van der Waals surface area contributed by atoms with Crippen molar-refractivity contribution in [3.05, 3.63) is 0 Å². The largest absolute Gasteiger partial charge is 0.376 e. The molecule has 3 atom stereocenters. The summed E-state index contributed by atoms with van der Waals surface area (Å²) in [5.41, 5.74) is 0.419. The maximum Gasteiger partial charge on any atom is 0.0808 e. The second-order valence-corrected chi connectivity index (χ2v) is 7.33. The Morgan fingerprint density at radius 3 is 2.80 bits per heavy atom. The molecule has 0 aromatic carbocycles. The number of nitrogens with one attached hydrogen (secondary N) is 1. The maximum absolute atomic E-state index is 6.28. The van der Waals surface area contributed by atoms with Gasteiger partial charge in [-0.2, -0.15) is 0 Å². The van der Waals surface area contributed by atoms with Gasteiger partial charge in [0.05, 0.1) is 18.8 Å². The highest BCUT2D eigenvalue weighted by molar-refractivity contribution is 4.90. The zero-order chi connectivity index (χ0) is 14.4. The number of rotatable bonds is 6. The molecule has 2 aliphatic rings. The van der Waals surface area contributed by atoms with E-state index in [1.54, 1.807) is 0 Å². The SMILES string of the molecule is CCCNC1CCC(C)(C)CC1OCC1CCCCO1. The van der Waals surface area contributed by atoms with E-state index >= 15 is 0 Å². The van der Waals surface area contributed by atoms with E-state index in [1.807, 2.05) is 0 Å². The molecule has 118 valence electrons. The lowest BCUT2D eigenvalue weighted by Gasteiger charge is -2.41. The molecular formula is C17H33NO2. The molecule has 0 bridgehead atoms. The minimum Gasteiger partial charge on any atom is -0.376 e. The Morgan fingerprint density at radius 1 is 1.25 bits per heavy atom. The molecule has 3 heteroatoms. The summed E-state index contributed by atoms with van der Waals surface area (Å²) >= 11 is 0. The first-order valence-electron chi connectivity index (χ1n) is 8.57. The van der Waals surface area contributed by atoms with Crippen LogP contribution in [0.5, 0.6) is 0 Å². The van der Waals surface area contributed by atoms with E-state index < -0.39 is 0 Å². The number of ether oxygens (including phenoxy) is 2. The first kappa shape index (κ1) is 16.3. The standard InChI is InChI=1S/C17H33NO2/c1-4-10-18-15-8-9-17(2,3)12-16(15)20-13-14-7-5-6-11-19-14/h14-16,18H,4-13H2,1-3H3. The predicted molar refractivity (Wildman–Crippen MR) is 83.0 cm³/mol. The highest BCUT2D eigenvalue weighted by Crippen LogP contribution is 2.37. The van der Waals surface area contributed by atoms with Crippen LogP contribution in [0, 0.1) is 5.41 Å².